The first-order chi connectivity index (χ1) is 10.1. The molecule has 0 spiro atoms. The molecular weight excluding hydrogens is 281 g/mol. The van der Waals surface area contributed by atoms with E-state index in [9.17, 15) is 13.2 Å². The molecule has 0 aliphatic carbocycles. The zero-order valence-corrected chi connectivity index (χ0v) is 10.9. The van der Waals surface area contributed by atoms with Gasteiger partial charge in [0.2, 0.25) is 0 Å². The van der Waals surface area contributed by atoms with E-state index in [1.165, 1.54) is 24.3 Å². The zero-order chi connectivity index (χ0) is 15.2. The van der Waals surface area contributed by atoms with Gasteiger partial charge in [-0.2, -0.15) is 0 Å². The van der Waals surface area contributed by atoms with Crippen molar-refractivity contribution in [1.29, 1.82) is 0 Å². The molecule has 0 aliphatic rings. The normalized spacial score (nSPS) is 9.90. The third-order valence-corrected chi connectivity index (χ3v) is 2.57. The van der Waals surface area contributed by atoms with Gasteiger partial charge in [-0.3, -0.25) is 0 Å². The smallest absolute Gasteiger partial charge is 0.191 e. The van der Waals surface area contributed by atoms with Gasteiger partial charge in [-0.15, -0.1) is 0 Å². The SMILES string of the molecule is OCC#Cc1cc(F)cc(COc2c(F)cccc2F)c1. The molecule has 5 heteroatoms. The lowest BCUT2D eigenvalue weighted by molar-refractivity contribution is 0.273. The van der Waals surface area contributed by atoms with E-state index in [-0.39, 0.29) is 13.2 Å². The summed E-state index contributed by atoms with van der Waals surface area (Å²) in [6.45, 7) is -0.549. The second-order valence-corrected chi connectivity index (χ2v) is 4.15. The second-order valence-electron chi connectivity index (χ2n) is 4.15. The summed E-state index contributed by atoms with van der Waals surface area (Å²) in [6.07, 6.45) is 0. The van der Waals surface area contributed by atoms with Gasteiger partial charge >= 0.3 is 0 Å². The van der Waals surface area contributed by atoms with Crippen LogP contribution in [-0.2, 0) is 6.61 Å². The van der Waals surface area contributed by atoms with E-state index >= 15 is 0 Å². The Bertz CT molecular complexity index is 682. The van der Waals surface area contributed by atoms with Crippen LogP contribution in [0.3, 0.4) is 0 Å². The summed E-state index contributed by atoms with van der Waals surface area (Å²) in [4.78, 5) is 0. The van der Waals surface area contributed by atoms with Crippen molar-refractivity contribution in [3.8, 4) is 17.6 Å². The number of hydrogen-bond acceptors (Lipinski definition) is 2. The van der Waals surface area contributed by atoms with Gasteiger partial charge in [0.25, 0.3) is 0 Å². The van der Waals surface area contributed by atoms with Crippen molar-refractivity contribution in [2.75, 3.05) is 6.61 Å². The number of hydrogen-bond donors (Lipinski definition) is 1. The summed E-state index contributed by atoms with van der Waals surface area (Å²) < 4.78 is 45.2. The van der Waals surface area contributed by atoms with E-state index in [1.807, 2.05) is 0 Å². The molecule has 108 valence electrons. The van der Waals surface area contributed by atoms with Crippen molar-refractivity contribution in [2.24, 2.45) is 0 Å². The van der Waals surface area contributed by atoms with Crippen LogP contribution in [0, 0.1) is 29.3 Å². The van der Waals surface area contributed by atoms with Gasteiger partial charge in [-0.1, -0.05) is 17.9 Å². The van der Waals surface area contributed by atoms with Crippen molar-refractivity contribution >= 4 is 0 Å². The summed E-state index contributed by atoms with van der Waals surface area (Å²) >= 11 is 0. The van der Waals surface area contributed by atoms with Crippen molar-refractivity contribution in [2.45, 2.75) is 6.61 Å². The van der Waals surface area contributed by atoms with Crippen LogP contribution in [0.25, 0.3) is 0 Å². The fourth-order valence-corrected chi connectivity index (χ4v) is 1.72. The minimum atomic E-state index is -0.827. The Morgan fingerprint density at radius 3 is 2.43 bits per heavy atom. The molecule has 2 nitrogen and oxygen atoms in total. The van der Waals surface area contributed by atoms with E-state index < -0.39 is 23.2 Å². The molecule has 0 radical (unpaired) electrons. The lowest BCUT2D eigenvalue weighted by atomic mass is 10.1. The van der Waals surface area contributed by atoms with Crippen LogP contribution in [-0.4, -0.2) is 11.7 Å². The van der Waals surface area contributed by atoms with Crippen LogP contribution < -0.4 is 4.74 Å². The Morgan fingerprint density at radius 1 is 1.05 bits per heavy atom. The molecule has 0 bridgehead atoms. The van der Waals surface area contributed by atoms with E-state index in [4.69, 9.17) is 9.84 Å². The predicted molar refractivity (Wildman–Crippen MR) is 71.1 cm³/mol. The van der Waals surface area contributed by atoms with Gasteiger partial charge in [-0.05, 0) is 35.9 Å². The highest BCUT2D eigenvalue weighted by Crippen LogP contribution is 2.22. The minimum absolute atomic E-state index is 0.205. The number of aliphatic hydroxyl groups excluding tert-OH is 1. The van der Waals surface area contributed by atoms with E-state index in [2.05, 4.69) is 11.8 Å². The van der Waals surface area contributed by atoms with Gasteiger partial charge in [0, 0.05) is 5.56 Å². The predicted octanol–water partition coefficient (Wildman–Crippen LogP) is 3.03. The Balaban J connectivity index is 2.18. The molecule has 0 aromatic heterocycles. The average Bonchev–Trinajstić information content (AvgIpc) is 2.44. The molecule has 2 aromatic rings. The lowest BCUT2D eigenvalue weighted by Gasteiger charge is -2.08. The molecule has 21 heavy (non-hydrogen) atoms. The monoisotopic (exact) mass is 292 g/mol. The largest absolute Gasteiger partial charge is 0.483 e. The number of benzene rings is 2. The maximum atomic E-state index is 13.4. The lowest BCUT2D eigenvalue weighted by Crippen LogP contribution is -2.00. The maximum Gasteiger partial charge on any atom is 0.191 e. The molecule has 0 saturated heterocycles. The zero-order valence-electron chi connectivity index (χ0n) is 10.9. The number of ether oxygens (including phenoxy) is 1. The highest BCUT2D eigenvalue weighted by Gasteiger charge is 2.10. The first-order valence-electron chi connectivity index (χ1n) is 6.06. The van der Waals surface area contributed by atoms with E-state index in [0.717, 1.165) is 12.1 Å². The molecule has 0 fully saturated rings. The second kappa shape index (κ2) is 6.82. The molecule has 1 N–H and O–H groups in total. The highest BCUT2D eigenvalue weighted by atomic mass is 19.1. The fraction of sp³-hybridized carbons (Fsp3) is 0.125. The van der Waals surface area contributed by atoms with Gasteiger partial charge in [0.05, 0.1) is 0 Å². The van der Waals surface area contributed by atoms with E-state index in [1.54, 1.807) is 0 Å². The third kappa shape index (κ3) is 4.01. The number of para-hydroxylation sites is 1. The first-order valence-corrected chi connectivity index (χ1v) is 6.06. The minimum Gasteiger partial charge on any atom is -0.483 e. The van der Waals surface area contributed by atoms with Gasteiger partial charge < -0.3 is 9.84 Å². The Morgan fingerprint density at radius 2 is 1.76 bits per heavy atom. The fourth-order valence-electron chi connectivity index (χ4n) is 1.72. The average molecular weight is 292 g/mol. The molecule has 0 saturated carbocycles. The summed E-state index contributed by atoms with van der Waals surface area (Å²) in [6, 6.07) is 7.26. The quantitative estimate of drug-likeness (QED) is 0.881. The standard InChI is InChI=1S/C16H11F3O2/c17-13-8-11(3-2-6-20)7-12(9-13)10-21-16-14(18)4-1-5-15(16)19/h1,4-5,7-9,20H,6,10H2. The van der Waals surface area contributed by atoms with Crippen molar-refractivity contribution in [3.05, 3.63) is 65.0 Å². The van der Waals surface area contributed by atoms with Gasteiger partial charge in [0.1, 0.15) is 19.0 Å². The van der Waals surface area contributed by atoms with Crippen molar-refractivity contribution < 1.29 is 23.0 Å². The first kappa shape index (κ1) is 14.9. The Hall–Kier alpha value is -2.45. The molecule has 2 aromatic carbocycles. The Kier molecular flexibility index (Phi) is 4.85. The van der Waals surface area contributed by atoms with Crippen LogP contribution in [0.5, 0.6) is 5.75 Å². The third-order valence-electron chi connectivity index (χ3n) is 2.57. The van der Waals surface area contributed by atoms with Crippen LogP contribution in [0.15, 0.2) is 36.4 Å². The van der Waals surface area contributed by atoms with Crippen LogP contribution in [0.4, 0.5) is 13.2 Å². The van der Waals surface area contributed by atoms with Gasteiger partial charge in [0.15, 0.2) is 17.4 Å². The molecule has 0 heterocycles. The summed E-state index contributed by atoms with van der Waals surface area (Å²) in [5.41, 5.74) is 0.719. The maximum absolute atomic E-state index is 13.4. The number of halogens is 3. The van der Waals surface area contributed by atoms with Crippen LogP contribution >= 0.6 is 0 Å². The number of aliphatic hydroxyl groups is 1. The molecule has 0 amide bonds. The summed E-state index contributed by atoms with van der Waals surface area (Å²) in [5.74, 6) is 2.23. The van der Waals surface area contributed by atoms with Gasteiger partial charge in [-0.25, -0.2) is 13.2 Å². The molecule has 0 atom stereocenters. The Labute approximate surface area is 119 Å². The van der Waals surface area contributed by atoms with Crippen LogP contribution in [0.1, 0.15) is 11.1 Å². The summed E-state index contributed by atoms with van der Waals surface area (Å²) in [5, 5.41) is 8.60. The molecule has 0 unspecified atom stereocenters. The van der Waals surface area contributed by atoms with Crippen molar-refractivity contribution in [3.63, 3.8) is 0 Å². The van der Waals surface area contributed by atoms with E-state index in [0.29, 0.717) is 11.1 Å². The molecule has 2 rings (SSSR count). The topological polar surface area (TPSA) is 29.5 Å². The molecule has 0 aliphatic heterocycles. The highest BCUT2D eigenvalue weighted by molar-refractivity contribution is 5.38. The summed E-state index contributed by atoms with van der Waals surface area (Å²) in [7, 11) is 0. The van der Waals surface area contributed by atoms with Crippen LogP contribution in [0.2, 0.25) is 0 Å². The number of rotatable bonds is 3. The molecular formula is C16H11F3O2. The van der Waals surface area contributed by atoms with Crippen molar-refractivity contribution in [1.82, 2.24) is 0 Å².